The number of likely N-dealkylation sites (N-methyl/N-ethyl adjacent to an activating group) is 5. The largest absolute Gasteiger partial charge is 0.458 e. The number of carbonyl (C=O) groups excluding carboxylic acids is 12. The molecule has 4 aliphatic heterocycles. The van der Waals surface area contributed by atoms with Crippen LogP contribution in [0.15, 0.2) is 21.3 Å². The van der Waals surface area contributed by atoms with Crippen molar-refractivity contribution in [3.63, 3.8) is 0 Å². The van der Waals surface area contributed by atoms with Crippen molar-refractivity contribution in [2.24, 2.45) is 23.7 Å². The van der Waals surface area contributed by atoms with Gasteiger partial charge in [0.25, 0.3) is 11.8 Å². The molecule has 5 aliphatic rings. The van der Waals surface area contributed by atoms with Gasteiger partial charge in [0, 0.05) is 47.3 Å². The summed E-state index contributed by atoms with van der Waals surface area (Å²) in [5.74, 6) is -12.7. The Bertz CT molecular complexity index is 3320. The van der Waals surface area contributed by atoms with E-state index in [9.17, 15) is 57.5 Å². The first-order valence-electron chi connectivity index (χ1n) is 29.4. The highest BCUT2D eigenvalue weighted by atomic mass is 16.6. The number of nitrogens with two attached hydrogens (primary N) is 1. The summed E-state index contributed by atoms with van der Waals surface area (Å²) in [6, 6.07) is -7.00. The first-order chi connectivity index (χ1) is 41.0. The van der Waals surface area contributed by atoms with Crippen molar-refractivity contribution in [1.82, 2.24) is 55.7 Å². The Kier molecular flexibility index (Phi) is 21.4. The van der Waals surface area contributed by atoms with Gasteiger partial charge in [0.05, 0.1) is 36.4 Å². The van der Waals surface area contributed by atoms with Gasteiger partial charge in [-0.2, -0.15) is 0 Å². The maximum atomic E-state index is 15.1. The van der Waals surface area contributed by atoms with Gasteiger partial charge in [0.15, 0.2) is 11.3 Å². The van der Waals surface area contributed by atoms with E-state index in [0.29, 0.717) is 12.0 Å². The van der Waals surface area contributed by atoms with Crippen LogP contribution in [0.5, 0.6) is 0 Å². The molecular weight excluding hydrogens is 1140 g/mol. The predicted molar refractivity (Wildman–Crippen MR) is 318 cm³/mol. The van der Waals surface area contributed by atoms with Gasteiger partial charge in [0.1, 0.15) is 65.7 Å². The third-order valence-electron chi connectivity index (χ3n) is 16.5. The van der Waals surface area contributed by atoms with E-state index in [1.165, 1.54) is 77.9 Å². The number of amides is 10. The van der Waals surface area contributed by atoms with E-state index >= 15 is 4.79 Å². The summed E-state index contributed by atoms with van der Waals surface area (Å²) in [7, 11) is 6.85. The van der Waals surface area contributed by atoms with E-state index in [2.05, 4.69) is 21.3 Å². The smallest absolute Gasteiger partial charge is 0.329 e. The van der Waals surface area contributed by atoms with Gasteiger partial charge in [-0.3, -0.25) is 52.7 Å². The Labute approximate surface area is 510 Å². The molecular formula is C60H84N12O16. The van der Waals surface area contributed by atoms with Crippen LogP contribution in [-0.4, -0.2) is 221 Å². The highest BCUT2D eigenvalue weighted by molar-refractivity contribution is 6.10. The zero-order chi connectivity index (χ0) is 66.0. The van der Waals surface area contributed by atoms with Gasteiger partial charge in [-0.1, -0.05) is 61.5 Å². The Morgan fingerprint density at radius 1 is 0.625 bits per heavy atom. The number of nitrogens with zero attached hydrogens (tertiary/aromatic N) is 7. The minimum atomic E-state index is -1.89. The van der Waals surface area contributed by atoms with Crippen LogP contribution in [0.3, 0.4) is 0 Å². The number of fused-ring (bicyclic) bond motifs is 3. The summed E-state index contributed by atoms with van der Waals surface area (Å²) in [4.78, 5) is 197. The molecule has 0 spiro atoms. The maximum absolute atomic E-state index is 15.1. The van der Waals surface area contributed by atoms with Crippen molar-refractivity contribution < 1.29 is 71.4 Å². The molecule has 9 atom stereocenters. The monoisotopic (exact) mass is 1230 g/mol. The summed E-state index contributed by atoms with van der Waals surface area (Å²) in [6.45, 7) is 17.5. The van der Waals surface area contributed by atoms with Crippen molar-refractivity contribution in [2.45, 2.75) is 150 Å². The normalized spacial score (nSPS) is 25.1. The third kappa shape index (κ3) is 14.1. The topological polar surface area (TPSA) is 360 Å². The minimum Gasteiger partial charge on any atom is -0.458 e. The molecule has 4 heterocycles. The van der Waals surface area contributed by atoms with Crippen LogP contribution in [0, 0.1) is 37.5 Å². The number of nitrogens with one attached hydrogen (secondary N) is 4. The molecule has 28 heteroatoms. The summed E-state index contributed by atoms with van der Waals surface area (Å²) in [5.41, 5.74) is 3.50. The number of benzene rings is 2. The SMILES string of the molecule is Cc1c2oc3c(C)ccc(C(=O)NC4C(=O)NC(C(C)C)C(=O)N(C)CC(=O)N(C)CC(=O)N(C)C(C(C)C)C(=O)OC4C)c3nc-2c(C(=O)N[C@@H]2C(=O)N[C@H](C(C)C)C(=O)N3CCC[C@H]3C(=O)N(C)CC(=O)N(C)[C@@H](C(C)C)C(=O)OC2C)c(N)c1=O. The van der Waals surface area contributed by atoms with E-state index in [-0.39, 0.29) is 41.0 Å². The van der Waals surface area contributed by atoms with Crippen molar-refractivity contribution in [3.05, 3.63) is 44.6 Å². The molecule has 0 radical (unpaired) electrons. The van der Waals surface area contributed by atoms with Gasteiger partial charge >= 0.3 is 11.9 Å². The first-order valence-corrected chi connectivity index (χ1v) is 29.4. The number of hydrogen-bond donors (Lipinski definition) is 5. The molecule has 480 valence electrons. The fourth-order valence-electron chi connectivity index (χ4n) is 11.2. The molecule has 0 saturated carbocycles. The summed E-state index contributed by atoms with van der Waals surface area (Å²) >= 11 is 0. The van der Waals surface area contributed by atoms with Gasteiger partial charge in [-0.15, -0.1) is 0 Å². The summed E-state index contributed by atoms with van der Waals surface area (Å²) in [5, 5.41) is 10.5. The zero-order valence-corrected chi connectivity index (χ0v) is 53.1. The molecule has 1 aliphatic carbocycles. The molecule has 6 N–H and O–H groups in total. The second kappa shape index (κ2) is 27.5. The van der Waals surface area contributed by atoms with E-state index in [1.54, 1.807) is 62.3 Å². The van der Waals surface area contributed by atoms with Crippen molar-refractivity contribution in [3.8, 4) is 11.5 Å². The van der Waals surface area contributed by atoms with Crippen LogP contribution in [-0.2, 0) is 57.4 Å². The Balaban J connectivity index is 1.47. The number of ether oxygens (including phenoxy) is 2. The molecule has 3 saturated heterocycles. The Hall–Kier alpha value is -8.72. The van der Waals surface area contributed by atoms with Crippen LogP contribution >= 0.6 is 0 Å². The number of carbonyl (C=O) groups is 12. The molecule has 0 aromatic heterocycles. The molecule has 0 bridgehead atoms. The third-order valence-corrected chi connectivity index (χ3v) is 16.5. The number of esters is 2. The number of rotatable bonds is 8. The number of nitrogen functional groups attached to an aromatic ring is 1. The molecule has 1 aromatic carbocycles. The lowest BCUT2D eigenvalue weighted by atomic mass is 9.98. The van der Waals surface area contributed by atoms with Crippen LogP contribution in [0.1, 0.15) is 114 Å². The van der Waals surface area contributed by atoms with E-state index in [1.807, 2.05) is 0 Å². The lowest BCUT2D eigenvalue weighted by Crippen LogP contribution is -2.61. The van der Waals surface area contributed by atoms with E-state index in [4.69, 9.17) is 24.6 Å². The molecule has 10 amide bonds. The lowest BCUT2D eigenvalue weighted by Gasteiger charge is -2.36. The molecule has 28 nitrogen and oxygen atoms in total. The predicted octanol–water partition coefficient (Wildman–Crippen LogP) is 0.193. The van der Waals surface area contributed by atoms with Gasteiger partial charge in [0.2, 0.25) is 52.7 Å². The Morgan fingerprint density at radius 2 is 1.09 bits per heavy atom. The van der Waals surface area contributed by atoms with Gasteiger partial charge < -0.3 is 70.3 Å². The van der Waals surface area contributed by atoms with E-state index < -0.39 is 191 Å². The number of aromatic nitrogens is 1. The van der Waals surface area contributed by atoms with Crippen LogP contribution in [0.25, 0.3) is 22.6 Å². The second-order valence-electron chi connectivity index (χ2n) is 24.6. The molecule has 1 aromatic rings. The molecule has 88 heavy (non-hydrogen) atoms. The van der Waals surface area contributed by atoms with Gasteiger partial charge in [-0.25, -0.2) is 14.6 Å². The van der Waals surface area contributed by atoms with Crippen LogP contribution in [0.4, 0.5) is 5.69 Å². The summed E-state index contributed by atoms with van der Waals surface area (Å²) < 4.78 is 18.2. The van der Waals surface area contributed by atoms with E-state index in [0.717, 1.165) is 19.6 Å². The molecule has 3 fully saturated rings. The average Bonchev–Trinajstić information content (AvgIpc) is 1.22. The van der Waals surface area contributed by atoms with Crippen molar-refractivity contribution in [2.75, 3.05) is 67.2 Å². The number of aryl methyl sites for hydroxylation is 1. The number of anilines is 1. The standard InChI is InChI=1S/C60H84N12O16/c1-26(2)41-57(82)69(15)23-36(73)67(13)24-37(74)70(16)47(28(5)6)59(84)86-32(11)43(54(79)63-41)65-52(77)34-21-20-30(9)50-45(34)62-46-39(40(61)49(76)31(10)51(46)88-50)53(78)66-44-33(12)87-60(85)48(29(7)8)71(17)38(75)25-68(14)56(81)35-19-18-22-72(35)58(83)42(27(3)4)64-55(44)80/h20-21,26-29,32-33,35,41-44,47-48H,18-19,22-25,61H2,1-17H3,(H,63,79)(H,64,80)(H,65,77)(H,66,78)/t32?,33?,35-,41?,42+,43?,44-,47?,48-/m0/s1. The second-order valence-corrected chi connectivity index (χ2v) is 24.6. The number of hydrogen-bond acceptors (Lipinski definition) is 18. The fraction of sp³-hybridized carbons (Fsp3) is 0.600. The highest BCUT2D eigenvalue weighted by Crippen LogP contribution is 2.35. The van der Waals surface area contributed by atoms with Crippen LogP contribution in [0.2, 0.25) is 0 Å². The fourth-order valence-corrected chi connectivity index (χ4v) is 11.2. The van der Waals surface area contributed by atoms with Gasteiger partial charge in [-0.05, 0) is 75.8 Å². The van der Waals surface area contributed by atoms with Crippen LogP contribution < -0.4 is 32.4 Å². The lowest BCUT2D eigenvalue weighted by molar-refractivity contribution is -0.163. The van der Waals surface area contributed by atoms with Crippen molar-refractivity contribution >= 4 is 87.8 Å². The zero-order valence-electron chi connectivity index (χ0n) is 53.1. The highest BCUT2D eigenvalue weighted by Gasteiger charge is 2.45. The Morgan fingerprint density at radius 3 is 1.59 bits per heavy atom. The number of cyclic esters (lactones) is 2. The maximum Gasteiger partial charge on any atom is 0.329 e. The first kappa shape index (κ1) is 68.4. The minimum absolute atomic E-state index is 0.0829. The molecule has 6 rings (SSSR count). The average molecular weight is 1230 g/mol. The summed E-state index contributed by atoms with van der Waals surface area (Å²) in [6.07, 6.45) is -2.40. The molecule has 5 unspecified atom stereocenters. The van der Waals surface area contributed by atoms with Crippen molar-refractivity contribution in [1.29, 1.82) is 0 Å². The quantitative estimate of drug-likeness (QED) is 0.114.